The van der Waals surface area contributed by atoms with E-state index >= 15 is 0 Å². The van der Waals surface area contributed by atoms with Gasteiger partial charge >= 0.3 is 0 Å². The van der Waals surface area contributed by atoms with E-state index in [0.717, 1.165) is 39.1 Å². The van der Waals surface area contributed by atoms with Gasteiger partial charge < -0.3 is 10.1 Å². The molecule has 3 nitrogen and oxygen atoms in total. The summed E-state index contributed by atoms with van der Waals surface area (Å²) in [6, 6.07) is 21.0. The second kappa shape index (κ2) is 8.81. The van der Waals surface area contributed by atoms with Crippen LogP contribution in [0.1, 0.15) is 31.2 Å². The summed E-state index contributed by atoms with van der Waals surface area (Å²) in [7, 11) is 0. The van der Waals surface area contributed by atoms with Crippen molar-refractivity contribution in [3.05, 3.63) is 60.2 Å². The van der Waals surface area contributed by atoms with Gasteiger partial charge in [0, 0.05) is 38.4 Å². The van der Waals surface area contributed by atoms with Crippen molar-refractivity contribution in [2.24, 2.45) is 0 Å². The Balaban J connectivity index is 1.61. The monoisotopic (exact) mass is 350 g/mol. The first kappa shape index (κ1) is 17.7. The van der Waals surface area contributed by atoms with Crippen LogP contribution in [-0.4, -0.2) is 43.3 Å². The minimum atomic E-state index is 0.635. The van der Waals surface area contributed by atoms with Crippen LogP contribution in [0.3, 0.4) is 0 Å². The average molecular weight is 351 g/mol. The summed E-state index contributed by atoms with van der Waals surface area (Å²) >= 11 is 0. The summed E-state index contributed by atoms with van der Waals surface area (Å²) in [5.74, 6) is 0. The third-order valence-electron chi connectivity index (χ3n) is 5.85. The minimum absolute atomic E-state index is 0.635. The molecule has 0 bridgehead atoms. The quantitative estimate of drug-likeness (QED) is 0.879. The van der Waals surface area contributed by atoms with Gasteiger partial charge in [0.05, 0.1) is 0 Å². The maximum absolute atomic E-state index is 5.64. The molecule has 1 N–H and O–H groups in total. The van der Waals surface area contributed by atoms with Gasteiger partial charge in [0.25, 0.3) is 0 Å². The molecule has 2 aliphatic heterocycles. The van der Waals surface area contributed by atoms with E-state index in [1.807, 2.05) is 0 Å². The van der Waals surface area contributed by atoms with E-state index in [9.17, 15) is 0 Å². The number of hydrogen-bond acceptors (Lipinski definition) is 3. The van der Waals surface area contributed by atoms with Crippen LogP contribution >= 0.6 is 0 Å². The van der Waals surface area contributed by atoms with Crippen LogP contribution in [0.25, 0.3) is 11.1 Å². The van der Waals surface area contributed by atoms with Crippen molar-refractivity contribution in [3.8, 4) is 11.1 Å². The van der Waals surface area contributed by atoms with Gasteiger partial charge in [-0.2, -0.15) is 0 Å². The predicted octanol–water partition coefficient (Wildman–Crippen LogP) is 4.09. The molecule has 0 amide bonds. The maximum atomic E-state index is 5.64. The number of nitrogens with zero attached hydrogens (tertiary/aromatic N) is 1. The molecule has 0 radical (unpaired) electrons. The molecule has 2 aliphatic rings. The fraction of sp³-hybridized carbons (Fsp3) is 0.478. The van der Waals surface area contributed by atoms with Crippen molar-refractivity contribution >= 4 is 0 Å². The molecule has 0 saturated carbocycles. The van der Waals surface area contributed by atoms with Gasteiger partial charge in [-0.15, -0.1) is 0 Å². The van der Waals surface area contributed by atoms with Crippen LogP contribution < -0.4 is 5.32 Å². The van der Waals surface area contributed by atoms with Gasteiger partial charge in [0.2, 0.25) is 0 Å². The van der Waals surface area contributed by atoms with Crippen molar-refractivity contribution in [2.75, 3.05) is 26.3 Å². The first-order chi connectivity index (χ1) is 12.9. The summed E-state index contributed by atoms with van der Waals surface area (Å²) in [4.78, 5) is 2.77. The molecular formula is C23H30N2O. The Morgan fingerprint density at radius 1 is 0.885 bits per heavy atom. The largest absolute Gasteiger partial charge is 0.381 e. The smallest absolute Gasteiger partial charge is 0.0480 e. The Labute approximate surface area is 157 Å². The second-order valence-corrected chi connectivity index (χ2v) is 7.54. The van der Waals surface area contributed by atoms with Gasteiger partial charge in [-0.05, 0) is 48.9 Å². The topological polar surface area (TPSA) is 24.5 Å². The lowest BCUT2D eigenvalue weighted by atomic mass is 9.95. The third kappa shape index (κ3) is 4.17. The molecule has 2 fully saturated rings. The van der Waals surface area contributed by atoms with E-state index in [-0.39, 0.29) is 0 Å². The van der Waals surface area contributed by atoms with E-state index < -0.39 is 0 Å². The lowest BCUT2D eigenvalue weighted by Gasteiger charge is -2.42. The summed E-state index contributed by atoms with van der Waals surface area (Å²) in [6.07, 6.45) is 4.90. The number of hydrogen-bond donors (Lipinski definition) is 1. The standard InChI is InChI=1S/C23H30N2O/c1-2-7-19(8-3-1)23-11-5-4-9-20(23)18-25(21-12-15-26-16-13-21)22-10-6-14-24-17-22/h1-5,7-9,11,21-22,24H,6,10,12-18H2/t22-/m0/s1. The number of rotatable bonds is 5. The van der Waals surface area contributed by atoms with E-state index in [1.165, 1.54) is 36.1 Å². The molecule has 0 aromatic heterocycles. The van der Waals surface area contributed by atoms with E-state index in [4.69, 9.17) is 4.74 Å². The molecular weight excluding hydrogens is 320 g/mol. The first-order valence-electron chi connectivity index (χ1n) is 10.1. The molecule has 26 heavy (non-hydrogen) atoms. The molecule has 1 atom stereocenters. The Morgan fingerprint density at radius 3 is 2.42 bits per heavy atom. The maximum Gasteiger partial charge on any atom is 0.0480 e. The van der Waals surface area contributed by atoms with Crippen LogP contribution in [-0.2, 0) is 11.3 Å². The summed E-state index contributed by atoms with van der Waals surface area (Å²) in [6.45, 7) is 5.12. The van der Waals surface area contributed by atoms with Crippen molar-refractivity contribution in [1.82, 2.24) is 10.2 Å². The highest BCUT2D eigenvalue weighted by molar-refractivity contribution is 5.67. The Kier molecular flexibility index (Phi) is 6.00. The lowest BCUT2D eigenvalue weighted by Crippen LogP contribution is -2.51. The van der Waals surface area contributed by atoms with Crippen LogP contribution in [0.5, 0.6) is 0 Å². The van der Waals surface area contributed by atoms with Crippen molar-refractivity contribution in [2.45, 2.75) is 44.3 Å². The molecule has 4 rings (SSSR count). The average Bonchev–Trinajstić information content (AvgIpc) is 2.74. The van der Waals surface area contributed by atoms with Crippen molar-refractivity contribution in [1.29, 1.82) is 0 Å². The van der Waals surface area contributed by atoms with E-state index in [2.05, 4.69) is 64.8 Å². The van der Waals surface area contributed by atoms with Crippen molar-refractivity contribution in [3.63, 3.8) is 0 Å². The molecule has 0 aliphatic carbocycles. The molecule has 2 aromatic rings. The van der Waals surface area contributed by atoms with Crippen LogP contribution in [0.2, 0.25) is 0 Å². The summed E-state index contributed by atoms with van der Waals surface area (Å²) in [5, 5.41) is 3.61. The van der Waals surface area contributed by atoms with Gasteiger partial charge in [0.1, 0.15) is 0 Å². The molecule has 2 aromatic carbocycles. The van der Waals surface area contributed by atoms with Crippen LogP contribution in [0.4, 0.5) is 0 Å². The Hall–Kier alpha value is -1.68. The SMILES string of the molecule is c1ccc(-c2ccccc2CN(C2CCOCC2)[C@H]2CCCNC2)cc1. The summed E-state index contributed by atoms with van der Waals surface area (Å²) in [5.41, 5.74) is 4.13. The van der Waals surface area contributed by atoms with Crippen molar-refractivity contribution < 1.29 is 4.74 Å². The highest BCUT2D eigenvalue weighted by Gasteiger charge is 2.29. The number of benzene rings is 2. The van der Waals surface area contributed by atoms with Gasteiger partial charge in [0.15, 0.2) is 0 Å². The highest BCUT2D eigenvalue weighted by atomic mass is 16.5. The molecule has 2 heterocycles. The highest BCUT2D eigenvalue weighted by Crippen LogP contribution is 2.28. The number of nitrogens with one attached hydrogen (secondary N) is 1. The fourth-order valence-corrected chi connectivity index (χ4v) is 4.44. The lowest BCUT2D eigenvalue weighted by molar-refractivity contribution is 0.00776. The zero-order chi connectivity index (χ0) is 17.6. The van der Waals surface area contributed by atoms with Crippen LogP contribution in [0.15, 0.2) is 54.6 Å². The predicted molar refractivity (Wildman–Crippen MR) is 107 cm³/mol. The fourth-order valence-electron chi connectivity index (χ4n) is 4.44. The van der Waals surface area contributed by atoms with Gasteiger partial charge in [-0.25, -0.2) is 0 Å². The minimum Gasteiger partial charge on any atom is -0.381 e. The van der Waals surface area contributed by atoms with Gasteiger partial charge in [-0.1, -0.05) is 54.6 Å². The molecule has 2 saturated heterocycles. The zero-order valence-corrected chi connectivity index (χ0v) is 15.6. The molecule has 0 spiro atoms. The van der Waals surface area contributed by atoms with Gasteiger partial charge in [-0.3, -0.25) is 4.90 Å². The zero-order valence-electron chi connectivity index (χ0n) is 15.6. The third-order valence-corrected chi connectivity index (χ3v) is 5.85. The molecule has 3 heteroatoms. The molecule has 0 unspecified atom stereocenters. The second-order valence-electron chi connectivity index (χ2n) is 7.54. The van der Waals surface area contributed by atoms with E-state index in [1.54, 1.807) is 0 Å². The Morgan fingerprint density at radius 2 is 1.65 bits per heavy atom. The number of piperidine rings is 1. The van der Waals surface area contributed by atoms with Crippen LogP contribution in [0, 0.1) is 0 Å². The number of ether oxygens (including phenoxy) is 1. The summed E-state index contributed by atoms with van der Waals surface area (Å²) < 4.78 is 5.64. The normalized spacial score (nSPS) is 21.8. The van der Waals surface area contributed by atoms with E-state index in [0.29, 0.717) is 12.1 Å². The molecule has 138 valence electrons. The first-order valence-corrected chi connectivity index (χ1v) is 10.1. The Bertz CT molecular complexity index is 658.